The molecule has 2 aromatic rings. The van der Waals surface area contributed by atoms with Crippen LogP contribution in [-0.2, 0) is 0 Å². The van der Waals surface area contributed by atoms with Crippen LogP contribution in [0.2, 0.25) is 0 Å². The first-order valence-corrected chi connectivity index (χ1v) is 13.7. The van der Waals surface area contributed by atoms with Gasteiger partial charge < -0.3 is 9.80 Å². The summed E-state index contributed by atoms with van der Waals surface area (Å²) in [4.78, 5) is 6.93. The molecule has 3 heterocycles. The Bertz CT molecular complexity index is 1170. The molecular weight excluding hydrogens is 464 g/mol. The van der Waals surface area contributed by atoms with Gasteiger partial charge >= 0.3 is 0 Å². The molecule has 0 N–H and O–H groups in total. The topological polar surface area (TPSA) is 6.48 Å². The first-order chi connectivity index (χ1) is 16.6. The third-order valence-electron chi connectivity index (χ3n) is 6.19. The molecule has 3 aliphatic heterocycles. The normalized spacial score (nSPS) is 18.0. The van der Waals surface area contributed by atoms with Crippen molar-refractivity contribution >= 4 is 23.5 Å². The van der Waals surface area contributed by atoms with E-state index in [0.717, 1.165) is 0 Å². The van der Waals surface area contributed by atoms with Gasteiger partial charge in [0.15, 0.2) is 0 Å². The van der Waals surface area contributed by atoms with Gasteiger partial charge in [-0.05, 0) is 70.5 Å². The number of nitrogens with zero attached hydrogens (tertiary/aromatic N) is 2. The predicted octanol–water partition coefficient (Wildman–Crippen LogP) is 9.05. The lowest BCUT2D eigenvalue weighted by Crippen LogP contribution is -2.24. The second kappa shape index (κ2) is 9.15. The van der Waals surface area contributed by atoms with E-state index in [9.17, 15) is 0 Å². The number of fused-ring (bicyclic) bond motifs is 2. The Morgan fingerprint density at radius 1 is 0.543 bits per heavy atom. The largest absolute Gasteiger partial charge is 0.302 e. The predicted molar refractivity (Wildman–Crippen MR) is 150 cm³/mol. The Balaban J connectivity index is 1.61. The summed E-state index contributed by atoms with van der Waals surface area (Å²) in [6.45, 7) is 17.4. The summed E-state index contributed by atoms with van der Waals surface area (Å²) in [5, 5.41) is 2.35. The first-order valence-electron chi connectivity index (χ1n) is 12.0. The fourth-order valence-corrected chi connectivity index (χ4v) is 5.96. The molecule has 3 aliphatic rings. The Kier molecular flexibility index (Phi) is 6.31. The van der Waals surface area contributed by atoms with Gasteiger partial charge in [0.25, 0.3) is 0 Å². The zero-order chi connectivity index (χ0) is 24.8. The molecule has 0 spiro atoms. The second-order valence-electron chi connectivity index (χ2n) is 11.0. The third kappa shape index (κ3) is 5.05. The molecule has 4 heteroatoms. The molecule has 0 unspecified atom stereocenters. The van der Waals surface area contributed by atoms with Gasteiger partial charge in [-0.15, -0.1) is 0 Å². The van der Waals surface area contributed by atoms with Gasteiger partial charge in [-0.25, -0.2) is 0 Å². The van der Waals surface area contributed by atoms with Crippen LogP contribution in [0.3, 0.4) is 0 Å². The summed E-state index contributed by atoms with van der Waals surface area (Å²) < 4.78 is 0. The monoisotopic (exact) mass is 496 g/mol. The highest BCUT2D eigenvalue weighted by molar-refractivity contribution is 8.03. The van der Waals surface area contributed by atoms with E-state index < -0.39 is 0 Å². The van der Waals surface area contributed by atoms with Crippen molar-refractivity contribution in [1.29, 1.82) is 0 Å². The molecule has 0 bridgehead atoms. The maximum atomic E-state index is 3.70. The lowest BCUT2D eigenvalue weighted by atomic mass is 9.83. The van der Waals surface area contributed by atoms with Crippen molar-refractivity contribution < 1.29 is 0 Å². The van der Waals surface area contributed by atoms with Gasteiger partial charge in [-0.2, -0.15) is 0 Å². The summed E-state index contributed by atoms with van der Waals surface area (Å²) in [5.41, 5.74) is 5.12. The third-order valence-corrected chi connectivity index (χ3v) is 8.23. The molecular formula is C31H32N2S2. The van der Waals surface area contributed by atoms with E-state index in [1.54, 1.807) is 23.5 Å². The fraction of sp³-hybridized carbons (Fsp3) is 0.258. The molecule has 2 radical (unpaired) electrons. The SMILES string of the molecule is CC(C)(C)C1=CC2=C3C=C(C(C)(C)C)C=C(Sc4ccccc4)N3[C]N2C(Sc2ccccc2)=C1. The number of allylic oxidation sites excluding steroid dienone is 6. The van der Waals surface area contributed by atoms with Gasteiger partial charge in [0.2, 0.25) is 6.67 Å². The number of hydrogen-bond donors (Lipinski definition) is 0. The summed E-state index contributed by atoms with van der Waals surface area (Å²) in [5.74, 6) is 0. The molecule has 5 rings (SSSR count). The first kappa shape index (κ1) is 24.1. The molecule has 0 fully saturated rings. The number of benzene rings is 2. The van der Waals surface area contributed by atoms with E-state index in [4.69, 9.17) is 0 Å². The van der Waals surface area contributed by atoms with Gasteiger partial charge in [0, 0.05) is 9.79 Å². The Morgan fingerprint density at radius 3 is 1.26 bits per heavy atom. The minimum atomic E-state index is 0.0399. The van der Waals surface area contributed by atoms with Crippen LogP contribution in [0, 0.1) is 17.5 Å². The van der Waals surface area contributed by atoms with E-state index in [1.807, 2.05) is 0 Å². The van der Waals surface area contributed by atoms with Crippen LogP contribution in [0.4, 0.5) is 0 Å². The van der Waals surface area contributed by atoms with Gasteiger partial charge in [0.05, 0.1) is 21.5 Å². The standard InChI is InChI=1S/C31H32N2S2/c1-30(2,3)22-17-26-27-18-23(31(4,5)6)20-29(35-25-15-11-8-12-16-25)33(27)21-32(26)28(19-22)34-24-13-9-7-10-14-24/h7-20H,1-6H3. The molecule has 2 aromatic carbocycles. The van der Waals surface area contributed by atoms with Crippen molar-refractivity contribution in [2.75, 3.05) is 0 Å². The van der Waals surface area contributed by atoms with Crippen LogP contribution < -0.4 is 0 Å². The van der Waals surface area contributed by atoms with Crippen LogP contribution >= 0.6 is 23.5 Å². The molecule has 35 heavy (non-hydrogen) atoms. The van der Waals surface area contributed by atoms with Crippen molar-refractivity contribution in [2.24, 2.45) is 10.8 Å². The summed E-state index contributed by atoms with van der Waals surface area (Å²) >= 11 is 3.59. The lowest BCUT2D eigenvalue weighted by molar-refractivity contribution is 0.442. The van der Waals surface area contributed by atoms with Gasteiger partial charge in [-0.1, -0.05) is 101 Å². The van der Waals surface area contributed by atoms with E-state index in [-0.39, 0.29) is 10.8 Å². The number of thioether (sulfide) groups is 2. The highest BCUT2D eigenvalue weighted by Gasteiger charge is 2.39. The van der Waals surface area contributed by atoms with Crippen molar-refractivity contribution in [3.8, 4) is 0 Å². The van der Waals surface area contributed by atoms with Crippen molar-refractivity contribution in [3.05, 3.63) is 124 Å². The molecule has 2 nitrogen and oxygen atoms in total. The number of hydrogen-bond acceptors (Lipinski definition) is 4. The Morgan fingerprint density at radius 2 is 0.914 bits per heavy atom. The Hall–Kier alpha value is -2.56. The molecule has 0 saturated carbocycles. The average Bonchev–Trinajstić information content (AvgIpc) is 3.19. The second-order valence-corrected chi connectivity index (χ2v) is 13.2. The molecule has 0 atom stereocenters. The summed E-state index contributed by atoms with van der Waals surface area (Å²) in [6.07, 6.45) is 9.36. The van der Waals surface area contributed by atoms with Crippen LogP contribution in [0.15, 0.2) is 127 Å². The van der Waals surface area contributed by atoms with E-state index in [0.29, 0.717) is 0 Å². The van der Waals surface area contributed by atoms with Crippen LogP contribution in [0.25, 0.3) is 0 Å². The molecule has 178 valence electrons. The van der Waals surface area contributed by atoms with Crippen LogP contribution in [-0.4, -0.2) is 9.80 Å². The quantitative estimate of drug-likeness (QED) is 0.416. The summed E-state index contributed by atoms with van der Waals surface area (Å²) in [6, 6.07) is 21.2. The molecule has 0 saturated heterocycles. The summed E-state index contributed by atoms with van der Waals surface area (Å²) in [7, 11) is 0. The zero-order valence-electron chi connectivity index (χ0n) is 21.3. The van der Waals surface area contributed by atoms with Gasteiger partial charge in [-0.3, -0.25) is 0 Å². The average molecular weight is 497 g/mol. The van der Waals surface area contributed by atoms with Crippen LogP contribution in [0.5, 0.6) is 0 Å². The van der Waals surface area contributed by atoms with Crippen molar-refractivity contribution in [3.63, 3.8) is 0 Å². The van der Waals surface area contributed by atoms with Crippen LogP contribution in [0.1, 0.15) is 41.5 Å². The molecule has 0 aliphatic carbocycles. The zero-order valence-corrected chi connectivity index (χ0v) is 22.9. The molecule has 0 aromatic heterocycles. The smallest absolute Gasteiger partial charge is 0.219 e. The van der Waals surface area contributed by atoms with Crippen molar-refractivity contribution in [1.82, 2.24) is 9.80 Å². The van der Waals surface area contributed by atoms with Crippen molar-refractivity contribution in [2.45, 2.75) is 51.3 Å². The maximum absolute atomic E-state index is 3.70. The van der Waals surface area contributed by atoms with E-state index >= 15 is 0 Å². The minimum absolute atomic E-state index is 0.0399. The van der Waals surface area contributed by atoms with E-state index in [2.05, 4.69) is 143 Å². The maximum Gasteiger partial charge on any atom is 0.219 e. The minimum Gasteiger partial charge on any atom is -0.302 e. The lowest BCUT2D eigenvalue weighted by Gasteiger charge is -2.31. The molecule has 0 amide bonds. The Labute approximate surface area is 219 Å². The highest BCUT2D eigenvalue weighted by atomic mass is 32.2. The number of rotatable bonds is 4. The highest BCUT2D eigenvalue weighted by Crippen LogP contribution is 2.50. The van der Waals surface area contributed by atoms with E-state index in [1.165, 1.54) is 42.4 Å². The van der Waals surface area contributed by atoms with Gasteiger partial charge in [0.1, 0.15) is 0 Å². The fourth-order valence-electron chi connectivity index (χ4n) is 4.06.